The summed E-state index contributed by atoms with van der Waals surface area (Å²) < 4.78 is 6.13. The first-order valence-corrected chi connectivity index (χ1v) is 10.8. The van der Waals surface area contributed by atoms with Gasteiger partial charge in [0.1, 0.15) is 12.4 Å². The van der Waals surface area contributed by atoms with Crippen molar-refractivity contribution in [3.05, 3.63) is 64.7 Å². The lowest BCUT2D eigenvalue weighted by molar-refractivity contribution is 0.0515. The number of ether oxygens (including phenoxy) is 1. The molecule has 0 N–H and O–H groups in total. The van der Waals surface area contributed by atoms with Gasteiger partial charge in [-0.3, -0.25) is 9.59 Å². The van der Waals surface area contributed by atoms with Crippen LogP contribution in [0.2, 0.25) is 5.02 Å². The van der Waals surface area contributed by atoms with E-state index in [1.165, 1.54) is 0 Å². The van der Waals surface area contributed by atoms with Crippen molar-refractivity contribution in [3.63, 3.8) is 0 Å². The largest absolute Gasteiger partial charge is 0.491 e. The Bertz CT molecular complexity index is 882. The van der Waals surface area contributed by atoms with E-state index < -0.39 is 0 Å². The summed E-state index contributed by atoms with van der Waals surface area (Å²) in [7, 11) is 1.80. The van der Waals surface area contributed by atoms with Crippen LogP contribution in [0.5, 0.6) is 5.75 Å². The molecule has 6 heteroatoms. The molecule has 0 fully saturated rings. The molecule has 30 heavy (non-hydrogen) atoms. The van der Waals surface area contributed by atoms with Crippen molar-refractivity contribution in [3.8, 4) is 5.75 Å². The van der Waals surface area contributed by atoms with E-state index in [-0.39, 0.29) is 23.8 Å². The van der Waals surface area contributed by atoms with Gasteiger partial charge in [-0.1, -0.05) is 37.6 Å². The van der Waals surface area contributed by atoms with Crippen molar-refractivity contribution in [2.75, 3.05) is 26.7 Å². The molecule has 0 radical (unpaired) electrons. The molecule has 2 amide bonds. The fraction of sp³-hybridized carbons (Fsp3) is 0.417. The van der Waals surface area contributed by atoms with Gasteiger partial charge in [0.25, 0.3) is 11.8 Å². The Morgan fingerprint density at radius 2 is 1.73 bits per heavy atom. The average Bonchev–Trinajstić information content (AvgIpc) is 2.74. The number of fused-ring (bicyclic) bond motifs is 1. The number of amides is 2. The maximum Gasteiger partial charge on any atom is 0.257 e. The third kappa shape index (κ3) is 5.14. The molecule has 0 aromatic heterocycles. The topological polar surface area (TPSA) is 49.9 Å². The predicted octanol–water partition coefficient (Wildman–Crippen LogP) is 4.75. The Labute approximate surface area is 183 Å². The zero-order chi connectivity index (χ0) is 21.7. The first-order chi connectivity index (χ1) is 14.4. The molecule has 0 bridgehead atoms. The second-order valence-corrected chi connectivity index (χ2v) is 8.49. The Hall–Kier alpha value is -2.53. The fourth-order valence-corrected chi connectivity index (χ4v) is 3.83. The molecule has 3 rings (SSSR count). The number of nitrogens with zero attached hydrogens (tertiary/aromatic N) is 2. The third-order valence-corrected chi connectivity index (χ3v) is 5.79. The Morgan fingerprint density at radius 1 is 1.07 bits per heavy atom. The summed E-state index contributed by atoms with van der Waals surface area (Å²) in [5, 5.41) is 0.605. The highest BCUT2D eigenvalue weighted by atomic mass is 35.5. The number of carbonyl (C=O) groups excluding carboxylic acids is 2. The molecule has 5 nitrogen and oxygen atoms in total. The first kappa shape index (κ1) is 22.2. The van der Waals surface area contributed by atoms with Crippen LogP contribution in [-0.4, -0.2) is 54.4 Å². The van der Waals surface area contributed by atoms with Gasteiger partial charge in [-0.15, -0.1) is 0 Å². The first-order valence-electron chi connectivity index (χ1n) is 10.4. The van der Waals surface area contributed by atoms with Gasteiger partial charge in [-0.25, -0.2) is 0 Å². The van der Waals surface area contributed by atoms with Crippen LogP contribution < -0.4 is 4.74 Å². The molecule has 2 aromatic rings. The lowest BCUT2D eigenvalue weighted by Gasteiger charge is -2.35. The predicted molar refractivity (Wildman–Crippen MR) is 119 cm³/mol. The molecule has 0 saturated carbocycles. The van der Waals surface area contributed by atoms with Crippen LogP contribution >= 0.6 is 11.6 Å². The van der Waals surface area contributed by atoms with Gasteiger partial charge in [0, 0.05) is 30.7 Å². The molecule has 1 aliphatic heterocycles. The summed E-state index contributed by atoms with van der Waals surface area (Å²) in [4.78, 5) is 29.8. The standard InChI is InChI=1S/C24H29ClN2O3/c1-17(2)21-16-30-22-9-5-4-8-20(22)24(29)26(3)14-6-7-15-27(21)23(28)18-10-12-19(25)13-11-18/h4-5,8-13,17,21H,6-7,14-16H2,1-3H3/t21-/m1/s1. The summed E-state index contributed by atoms with van der Waals surface area (Å²) in [6.07, 6.45) is 1.63. The van der Waals surface area contributed by atoms with E-state index in [1.807, 2.05) is 23.1 Å². The highest BCUT2D eigenvalue weighted by Crippen LogP contribution is 2.24. The van der Waals surface area contributed by atoms with E-state index in [2.05, 4.69) is 13.8 Å². The van der Waals surface area contributed by atoms with Crippen molar-refractivity contribution in [1.29, 1.82) is 0 Å². The van der Waals surface area contributed by atoms with Crippen LogP contribution in [0.25, 0.3) is 0 Å². The van der Waals surface area contributed by atoms with Gasteiger partial charge in [-0.05, 0) is 55.2 Å². The van der Waals surface area contributed by atoms with Crippen LogP contribution in [0.1, 0.15) is 47.4 Å². The van der Waals surface area contributed by atoms with Gasteiger partial charge in [0.2, 0.25) is 0 Å². The Morgan fingerprint density at radius 3 is 2.43 bits per heavy atom. The molecule has 160 valence electrons. The third-order valence-electron chi connectivity index (χ3n) is 5.54. The van der Waals surface area contributed by atoms with Gasteiger partial charge < -0.3 is 14.5 Å². The Balaban J connectivity index is 1.92. The van der Waals surface area contributed by atoms with E-state index in [4.69, 9.17) is 16.3 Å². The number of carbonyl (C=O) groups is 2. The quantitative estimate of drug-likeness (QED) is 0.693. The van der Waals surface area contributed by atoms with Crippen molar-refractivity contribution >= 4 is 23.4 Å². The summed E-state index contributed by atoms with van der Waals surface area (Å²) in [6, 6.07) is 14.2. The van der Waals surface area contributed by atoms with E-state index in [1.54, 1.807) is 42.3 Å². The second kappa shape index (κ2) is 9.98. The second-order valence-electron chi connectivity index (χ2n) is 8.06. The van der Waals surface area contributed by atoms with Crippen LogP contribution in [0, 0.1) is 5.92 Å². The van der Waals surface area contributed by atoms with E-state index in [9.17, 15) is 9.59 Å². The summed E-state index contributed by atoms with van der Waals surface area (Å²) in [5.41, 5.74) is 1.17. The number of rotatable bonds is 2. The lowest BCUT2D eigenvalue weighted by Crippen LogP contribution is -2.47. The number of halogens is 1. The monoisotopic (exact) mass is 428 g/mol. The van der Waals surface area contributed by atoms with Crippen molar-refractivity contribution in [2.45, 2.75) is 32.7 Å². The number of benzene rings is 2. The normalized spacial score (nSPS) is 18.3. The van der Waals surface area contributed by atoms with Gasteiger partial charge in [0.15, 0.2) is 0 Å². The SMILES string of the molecule is CC(C)[C@H]1COc2ccccc2C(=O)N(C)CCCCN1C(=O)c1ccc(Cl)cc1. The smallest absolute Gasteiger partial charge is 0.257 e. The summed E-state index contributed by atoms with van der Waals surface area (Å²) in [5.74, 6) is 0.680. The molecule has 2 aromatic carbocycles. The van der Waals surface area contributed by atoms with Crippen LogP contribution in [-0.2, 0) is 0 Å². The van der Waals surface area contributed by atoms with Crippen molar-refractivity contribution in [1.82, 2.24) is 9.80 Å². The molecule has 0 unspecified atom stereocenters. The van der Waals surface area contributed by atoms with Gasteiger partial charge in [0.05, 0.1) is 11.6 Å². The summed E-state index contributed by atoms with van der Waals surface area (Å²) in [6.45, 7) is 5.74. The molecule has 1 heterocycles. The highest BCUT2D eigenvalue weighted by Gasteiger charge is 2.29. The van der Waals surface area contributed by atoms with Crippen LogP contribution in [0.4, 0.5) is 0 Å². The number of hydrogen-bond donors (Lipinski definition) is 0. The lowest BCUT2D eigenvalue weighted by atomic mass is 10.0. The Kier molecular flexibility index (Phi) is 7.38. The molecule has 0 aliphatic carbocycles. The summed E-state index contributed by atoms with van der Waals surface area (Å²) >= 11 is 6.00. The molecular formula is C24H29ClN2O3. The van der Waals surface area contributed by atoms with Crippen LogP contribution in [0.15, 0.2) is 48.5 Å². The average molecular weight is 429 g/mol. The molecule has 1 atom stereocenters. The number of para-hydroxylation sites is 1. The van der Waals surface area contributed by atoms with Crippen LogP contribution in [0.3, 0.4) is 0 Å². The van der Waals surface area contributed by atoms with Gasteiger partial charge >= 0.3 is 0 Å². The van der Waals surface area contributed by atoms with Crippen molar-refractivity contribution < 1.29 is 14.3 Å². The highest BCUT2D eigenvalue weighted by molar-refractivity contribution is 6.30. The minimum atomic E-state index is -0.117. The van der Waals surface area contributed by atoms with Gasteiger partial charge in [-0.2, -0.15) is 0 Å². The zero-order valence-corrected chi connectivity index (χ0v) is 18.6. The molecule has 0 spiro atoms. The van der Waals surface area contributed by atoms with E-state index in [0.29, 0.717) is 41.6 Å². The molecule has 0 saturated heterocycles. The maximum atomic E-state index is 13.4. The molecular weight excluding hydrogens is 400 g/mol. The minimum absolute atomic E-state index is 0.0243. The number of hydrogen-bond acceptors (Lipinski definition) is 3. The van der Waals surface area contributed by atoms with Crippen molar-refractivity contribution in [2.24, 2.45) is 5.92 Å². The van der Waals surface area contributed by atoms with E-state index in [0.717, 1.165) is 12.8 Å². The fourth-order valence-electron chi connectivity index (χ4n) is 3.70. The minimum Gasteiger partial charge on any atom is -0.491 e. The zero-order valence-electron chi connectivity index (χ0n) is 17.8. The molecule has 1 aliphatic rings. The van der Waals surface area contributed by atoms with E-state index >= 15 is 0 Å². The maximum absolute atomic E-state index is 13.4.